The summed E-state index contributed by atoms with van der Waals surface area (Å²) in [5, 5.41) is 0. The average Bonchev–Trinajstić information content (AvgIpc) is 2.87. The van der Waals surface area contributed by atoms with Crippen LogP contribution in [-0.4, -0.2) is 45.4 Å². The van der Waals surface area contributed by atoms with Crippen molar-refractivity contribution in [3.05, 3.63) is 48.6 Å². The first-order valence-corrected chi connectivity index (χ1v) is 9.98. The molecule has 0 saturated carbocycles. The molecule has 1 aromatic rings. The van der Waals surface area contributed by atoms with Crippen LogP contribution in [0.15, 0.2) is 43.0 Å². The lowest BCUT2D eigenvalue weighted by Gasteiger charge is -2.30. The van der Waals surface area contributed by atoms with Crippen molar-refractivity contribution in [1.29, 1.82) is 0 Å². The Hall–Kier alpha value is -1.25. The average molecular weight is 370 g/mol. The molecule has 1 heterocycles. The van der Waals surface area contributed by atoms with Crippen molar-refractivity contribution in [2.45, 2.75) is 51.0 Å². The fraction of sp³-hybridized carbons (Fsp3) is 0.556. The predicted molar refractivity (Wildman–Crippen MR) is 94.5 cm³/mol. The molecule has 0 radical (unpaired) electrons. The second-order valence-electron chi connectivity index (χ2n) is 6.49. The van der Waals surface area contributed by atoms with Gasteiger partial charge in [0.05, 0.1) is 19.5 Å². The summed E-state index contributed by atoms with van der Waals surface area (Å²) in [5.41, 5.74) is 0.974. The van der Waals surface area contributed by atoms with Crippen molar-refractivity contribution in [3.8, 4) is 0 Å². The molecule has 0 unspecified atom stereocenters. The van der Waals surface area contributed by atoms with Gasteiger partial charge in [-0.05, 0) is 25.8 Å². The molecule has 1 saturated heterocycles. The Balaban J connectivity index is 2.18. The van der Waals surface area contributed by atoms with Crippen molar-refractivity contribution in [1.82, 2.24) is 0 Å². The van der Waals surface area contributed by atoms with Crippen molar-refractivity contribution in [3.63, 3.8) is 0 Å². The predicted octanol–water partition coefficient (Wildman–Crippen LogP) is 2.64. The Morgan fingerprint density at radius 3 is 2.56 bits per heavy atom. The zero-order chi connectivity index (χ0) is 18.5. The van der Waals surface area contributed by atoms with E-state index in [4.69, 9.17) is 18.4 Å². The summed E-state index contributed by atoms with van der Waals surface area (Å²) in [7, 11) is -3.66. The minimum Gasteiger partial charge on any atom is -0.368 e. The summed E-state index contributed by atoms with van der Waals surface area (Å²) in [6.45, 7) is 7.91. The topological polar surface area (TPSA) is 71.1 Å². The van der Waals surface area contributed by atoms with Gasteiger partial charge in [-0.2, -0.15) is 8.42 Å². The molecule has 7 heteroatoms. The van der Waals surface area contributed by atoms with Crippen LogP contribution in [0.25, 0.3) is 0 Å². The third-order valence-electron chi connectivity index (χ3n) is 3.75. The number of ether oxygens (including phenoxy) is 3. The third kappa shape index (κ3) is 6.52. The molecule has 0 N–H and O–H groups in total. The minimum atomic E-state index is -3.66. The highest BCUT2D eigenvalue weighted by Gasteiger charge is 2.42. The van der Waals surface area contributed by atoms with Gasteiger partial charge in [-0.15, -0.1) is 6.58 Å². The van der Waals surface area contributed by atoms with Crippen molar-refractivity contribution in [2.24, 2.45) is 0 Å². The van der Waals surface area contributed by atoms with Crippen LogP contribution in [0.3, 0.4) is 0 Å². The van der Waals surface area contributed by atoms with E-state index in [2.05, 4.69) is 6.58 Å². The number of hydrogen-bond donors (Lipinski definition) is 0. The quantitative estimate of drug-likeness (QED) is 0.492. The molecule has 0 bridgehead atoms. The highest BCUT2D eigenvalue weighted by Crippen LogP contribution is 2.29. The van der Waals surface area contributed by atoms with Gasteiger partial charge in [-0.3, -0.25) is 4.18 Å². The molecule has 1 aliphatic heterocycles. The van der Waals surface area contributed by atoms with Gasteiger partial charge >= 0.3 is 0 Å². The SMILES string of the molecule is C=CC[C@@H](OS(C)(=O)=O)[C@@H](OCc1ccccc1)[C@@H]1COC(C)(C)O1. The van der Waals surface area contributed by atoms with Crippen LogP contribution in [0.4, 0.5) is 0 Å². The summed E-state index contributed by atoms with van der Waals surface area (Å²) in [5.74, 6) is -0.747. The fourth-order valence-electron chi connectivity index (χ4n) is 2.71. The summed E-state index contributed by atoms with van der Waals surface area (Å²) in [6, 6.07) is 9.63. The molecule has 0 spiro atoms. The van der Waals surface area contributed by atoms with Gasteiger partial charge in [0.25, 0.3) is 10.1 Å². The maximum atomic E-state index is 11.7. The molecule has 1 aliphatic rings. The van der Waals surface area contributed by atoms with E-state index in [1.54, 1.807) is 19.9 Å². The second-order valence-corrected chi connectivity index (χ2v) is 8.09. The number of rotatable bonds is 9. The number of benzene rings is 1. The zero-order valence-electron chi connectivity index (χ0n) is 14.9. The Morgan fingerprint density at radius 1 is 1.36 bits per heavy atom. The van der Waals surface area contributed by atoms with E-state index in [1.165, 1.54) is 0 Å². The van der Waals surface area contributed by atoms with E-state index in [0.29, 0.717) is 19.6 Å². The van der Waals surface area contributed by atoms with Crippen LogP contribution < -0.4 is 0 Å². The summed E-state index contributed by atoms with van der Waals surface area (Å²) in [6.07, 6.45) is 1.15. The van der Waals surface area contributed by atoms with E-state index in [-0.39, 0.29) is 0 Å². The van der Waals surface area contributed by atoms with E-state index in [9.17, 15) is 8.42 Å². The molecule has 1 fully saturated rings. The van der Waals surface area contributed by atoms with Crippen molar-refractivity contribution >= 4 is 10.1 Å². The summed E-state index contributed by atoms with van der Waals surface area (Å²) < 4.78 is 46.1. The van der Waals surface area contributed by atoms with E-state index in [0.717, 1.165) is 11.8 Å². The molecule has 1 aromatic carbocycles. The first kappa shape index (κ1) is 20.1. The van der Waals surface area contributed by atoms with Crippen molar-refractivity contribution < 1.29 is 26.8 Å². The summed E-state index contributed by atoms with van der Waals surface area (Å²) in [4.78, 5) is 0. The maximum Gasteiger partial charge on any atom is 0.264 e. The van der Waals surface area contributed by atoms with Gasteiger partial charge in [-0.1, -0.05) is 36.4 Å². The van der Waals surface area contributed by atoms with Crippen LogP contribution in [0.5, 0.6) is 0 Å². The molecule has 6 nitrogen and oxygen atoms in total. The smallest absolute Gasteiger partial charge is 0.264 e. The van der Waals surface area contributed by atoms with E-state index in [1.807, 2.05) is 30.3 Å². The standard InChI is InChI=1S/C18H26O6S/c1-5-9-15(24-25(4,19)20)17(16-13-22-18(2,3)23-16)21-12-14-10-7-6-8-11-14/h5-8,10-11,15-17H,1,9,12-13H2,2-4H3/t15-,16+,17-/m1/s1. The molecule has 2 rings (SSSR count). The summed E-state index contributed by atoms with van der Waals surface area (Å²) >= 11 is 0. The third-order valence-corrected chi connectivity index (χ3v) is 4.34. The first-order chi connectivity index (χ1) is 11.7. The van der Waals surface area contributed by atoms with Gasteiger partial charge in [0.1, 0.15) is 18.3 Å². The largest absolute Gasteiger partial charge is 0.368 e. The van der Waals surface area contributed by atoms with Gasteiger partial charge in [0.2, 0.25) is 0 Å². The Labute approximate surface area is 149 Å². The molecule has 140 valence electrons. The molecule has 3 atom stereocenters. The molecule has 0 amide bonds. The van der Waals surface area contributed by atoms with Gasteiger partial charge in [0.15, 0.2) is 5.79 Å². The highest BCUT2D eigenvalue weighted by molar-refractivity contribution is 7.86. The Bertz CT molecular complexity index is 655. The van der Waals surface area contributed by atoms with Crippen LogP contribution in [0.2, 0.25) is 0 Å². The Kier molecular flexibility index (Phi) is 6.76. The zero-order valence-corrected chi connectivity index (χ0v) is 15.7. The van der Waals surface area contributed by atoms with Crippen LogP contribution in [0.1, 0.15) is 25.8 Å². The van der Waals surface area contributed by atoms with Gasteiger partial charge in [0, 0.05) is 0 Å². The molecule has 25 heavy (non-hydrogen) atoms. The molecular formula is C18H26O6S. The molecule has 0 aromatic heterocycles. The highest BCUT2D eigenvalue weighted by atomic mass is 32.2. The monoisotopic (exact) mass is 370 g/mol. The van der Waals surface area contributed by atoms with E-state index < -0.39 is 34.2 Å². The second kappa shape index (κ2) is 8.42. The van der Waals surface area contributed by atoms with Crippen LogP contribution >= 0.6 is 0 Å². The minimum absolute atomic E-state index is 0.299. The lowest BCUT2D eigenvalue weighted by Crippen LogP contribution is -2.44. The van der Waals surface area contributed by atoms with Gasteiger partial charge in [-0.25, -0.2) is 0 Å². The van der Waals surface area contributed by atoms with Gasteiger partial charge < -0.3 is 14.2 Å². The number of hydrogen-bond acceptors (Lipinski definition) is 6. The lowest BCUT2D eigenvalue weighted by atomic mass is 10.1. The van der Waals surface area contributed by atoms with E-state index >= 15 is 0 Å². The lowest BCUT2D eigenvalue weighted by molar-refractivity contribution is -0.168. The maximum absolute atomic E-state index is 11.7. The van der Waals surface area contributed by atoms with Crippen LogP contribution in [-0.2, 0) is 35.1 Å². The Morgan fingerprint density at radius 2 is 2.04 bits per heavy atom. The normalized spacial score (nSPS) is 22.4. The molecule has 0 aliphatic carbocycles. The van der Waals surface area contributed by atoms with Crippen LogP contribution in [0, 0.1) is 0 Å². The van der Waals surface area contributed by atoms with Crippen molar-refractivity contribution in [2.75, 3.05) is 12.9 Å². The fourth-order valence-corrected chi connectivity index (χ4v) is 3.35. The first-order valence-electron chi connectivity index (χ1n) is 8.16. The molecular weight excluding hydrogens is 344 g/mol.